The van der Waals surface area contributed by atoms with Crippen molar-refractivity contribution in [3.05, 3.63) is 83.4 Å². The Kier molecular flexibility index (Phi) is 6.06. The van der Waals surface area contributed by atoms with Gasteiger partial charge in [0.25, 0.3) is 5.91 Å². The lowest BCUT2D eigenvalue weighted by Gasteiger charge is -2.47. The van der Waals surface area contributed by atoms with Gasteiger partial charge < -0.3 is 20.6 Å². The summed E-state index contributed by atoms with van der Waals surface area (Å²) in [7, 11) is 1.71. The minimum atomic E-state index is -0.941. The third-order valence-corrected chi connectivity index (χ3v) is 8.31. The molecule has 42 heavy (non-hydrogen) atoms. The lowest BCUT2D eigenvalue weighted by molar-refractivity contribution is 0.0209. The standard InChI is InChI=1S/C30H30FN9O2/c1-18-21-6-4-3-5-19(21)9-10-39(18)29(41)25-12-27(26-14-33-37(2)35-26)40-28(34-25)13-24(36-40)22-8-7-20(11-23(22)31)38-16-30(42,15-32)17-38/h3-8,11-14,18,42H,9-10,15-17,32H2,1-2H3/t18-/m1/s1. The normalized spacial score (nSPS) is 17.8. The summed E-state index contributed by atoms with van der Waals surface area (Å²) < 4.78 is 17.0. The van der Waals surface area contributed by atoms with E-state index in [0.717, 1.165) is 12.0 Å². The lowest BCUT2D eigenvalue weighted by atomic mass is 9.93. The number of aryl methyl sites for hydroxylation is 1. The van der Waals surface area contributed by atoms with Gasteiger partial charge in [-0.15, -0.1) is 0 Å². The monoisotopic (exact) mass is 567 g/mol. The second-order valence-electron chi connectivity index (χ2n) is 11.1. The highest BCUT2D eigenvalue weighted by Gasteiger charge is 2.40. The van der Waals surface area contributed by atoms with Gasteiger partial charge in [-0.1, -0.05) is 24.3 Å². The van der Waals surface area contributed by atoms with E-state index in [1.165, 1.54) is 16.4 Å². The molecule has 0 spiro atoms. The Hall–Kier alpha value is -4.68. The van der Waals surface area contributed by atoms with Crippen molar-refractivity contribution >= 4 is 17.2 Å². The zero-order valence-corrected chi connectivity index (χ0v) is 23.3. The molecule has 214 valence electrons. The van der Waals surface area contributed by atoms with E-state index < -0.39 is 11.4 Å². The summed E-state index contributed by atoms with van der Waals surface area (Å²) in [6.07, 6.45) is 2.36. The van der Waals surface area contributed by atoms with Gasteiger partial charge in [0.15, 0.2) is 5.65 Å². The highest BCUT2D eigenvalue weighted by molar-refractivity contribution is 5.94. The van der Waals surface area contributed by atoms with Crippen LogP contribution in [0.15, 0.2) is 60.8 Å². The second-order valence-corrected chi connectivity index (χ2v) is 11.1. The second kappa shape index (κ2) is 9.71. The van der Waals surface area contributed by atoms with E-state index in [2.05, 4.69) is 32.4 Å². The molecule has 12 heteroatoms. The number of β-amino-alcohol motifs (C(OH)–C–C–N with tert-alkyl or cyclic N) is 1. The molecule has 0 aliphatic carbocycles. The molecule has 5 aromatic rings. The maximum Gasteiger partial charge on any atom is 0.273 e. The van der Waals surface area contributed by atoms with Gasteiger partial charge in [-0.05, 0) is 48.7 Å². The van der Waals surface area contributed by atoms with Crippen LogP contribution in [-0.2, 0) is 13.5 Å². The van der Waals surface area contributed by atoms with Gasteiger partial charge in [-0.2, -0.15) is 20.1 Å². The molecule has 7 rings (SSSR count). The lowest BCUT2D eigenvalue weighted by Crippen LogP contribution is -2.65. The first-order valence-corrected chi connectivity index (χ1v) is 13.9. The number of halogens is 1. The van der Waals surface area contributed by atoms with Crippen molar-refractivity contribution in [3.8, 4) is 22.6 Å². The summed E-state index contributed by atoms with van der Waals surface area (Å²) in [4.78, 5) is 23.7. The molecule has 2 aromatic carbocycles. The molecule has 0 radical (unpaired) electrons. The minimum absolute atomic E-state index is 0.110. The van der Waals surface area contributed by atoms with Crippen LogP contribution in [0.2, 0.25) is 0 Å². The number of nitrogens with two attached hydrogens (primary N) is 1. The molecular weight excluding hydrogens is 537 g/mol. The molecule has 1 amide bonds. The largest absolute Gasteiger partial charge is 0.385 e. The van der Waals surface area contributed by atoms with Crippen molar-refractivity contribution in [2.45, 2.75) is 25.0 Å². The number of nitrogens with zero attached hydrogens (tertiary/aromatic N) is 8. The summed E-state index contributed by atoms with van der Waals surface area (Å²) in [6.45, 7) is 3.45. The van der Waals surface area contributed by atoms with E-state index in [1.807, 2.05) is 28.9 Å². The van der Waals surface area contributed by atoms with E-state index in [9.17, 15) is 9.90 Å². The Morgan fingerprint density at radius 2 is 1.93 bits per heavy atom. The van der Waals surface area contributed by atoms with E-state index >= 15 is 4.39 Å². The molecule has 3 aromatic heterocycles. The molecule has 0 bridgehead atoms. The summed E-state index contributed by atoms with van der Waals surface area (Å²) >= 11 is 0. The number of fused-ring (bicyclic) bond motifs is 2. The zero-order valence-electron chi connectivity index (χ0n) is 23.3. The molecule has 3 N–H and O–H groups in total. The first kappa shape index (κ1) is 26.2. The molecule has 0 unspecified atom stereocenters. The Labute approximate surface area is 241 Å². The summed E-state index contributed by atoms with van der Waals surface area (Å²) in [5.41, 5.74) is 10.0. The predicted molar refractivity (Wildman–Crippen MR) is 154 cm³/mol. The summed E-state index contributed by atoms with van der Waals surface area (Å²) in [5, 5.41) is 23.5. The summed E-state index contributed by atoms with van der Waals surface area (Å²) in [6, 6.07) is 16.3. The van der Waals surface area contributed by atoms with Gasteiger partial charge in [0.2, 0.25) is 0 Å². The van der Waals surface area contributed by atoms with Crippen LogP contribution in [0.4, 0.5) is 10.1 Å². The third kappa shape index (κ3) is 4.30. The average molecular weight is 568 g/mol. The number of benzene rings is 2. The third-order valence-electron chi connectivity index (χ3n) is 8.31. The SMILES string of the molecule is C[C@@H]1c2ccccc2CCN1C(=O)c1cc(-c2cnn(C)n2)n2nc(-c3ccc(N4CC(O)(CN)C4)cc3F)cc2n1. The Bertz CT molecular complexity index is 1840. The van der Waals surface area contributed by atoms with Gasteiger partial charge in [0, 0.05) is 50.5 Å². The number of anilines is 1. The van der Waals surface area contributed by atoms with Crippen LogP contribution in [-0.4, -0.2) is 77.3 Å². The minimum Gasteiger partial charge on any atom is -0.385 e. The summed E-state index contributed by atoms with van der Waals surface area (Å²) in [5.74, 6) is -0.660. The number of aliphatic hydroxyl groups is 1. The van der Waals surface area contributed by atoms with Gasteiger partial charge >= 0.3 is 0 Å². The molecule has 5 heterocycles. The Morgan fingerprint density at radius 1 is 1.12 bits per heavy atom. The highest BCUT2D eigenvalue weighted by atomic mass is 19.1. The van der Waals surface area contributed by atoms with Gasteiger partial charge in [-0.25, -0.2) is 13.9 Å². The maximum absolute atomic E-state index is 15.4. The molecular formula is C30H30FN9O2. The number of hydrogen-bond acceptors (Lipinski definition) is 8. The van der Waals surface area contributed by atoms with E-state index in [-0.39, 0.29) is 29.8 Å². The zero-order chi connectivity index (χ0) is 29.2. The quantitative estimate of drug-likeness (QED) is 0.332. The van der Waals surface area contributed by atoms with Crippen LogP contribution in [0.5, 0.6) is 0 Å². The van der Waals surface area contributed by atoms with Crippen molar-refractivity contribution in [2.24, 2.45) is 12.8 Å². The molecule has 2 aliphatic heterocycles. The van der Waals surface area contributed by atoms with Crippen LogP contribution in [0.1, 0.15) is 34.6 Å². The van der Waals surface area contributed by atoms with Crippen molar-refractivity contribution < 1.29 is 14.3 Å². The van der Waals surface area contributed by atoms with Crippen molar-refractivity contribution in [1.82, 2.24) is 34.5 Å². The molecule has 1 saturated heterocycles. The fourth-order valence-corrected chi connectivity index (χ4v) is 5.94. The Morgan fingerprint density at radius 3 is 2.67 bits per heavy atom. The molecule has 1 atom stereocenters. The maximum atomic E-state index is 15.4. The fraction of sp³-hybridized carbons (Fsp3) is 0.300. The number of amides is 1. The number of aromatic nitrogens is 6. The predicted octanol–water partition coefficient (Wildman–Crippen LogP) is 2.60. The van der Waals surface area contributed by atoms with Crippen LogP contribution in [0.3, 0.4) is 0 Å². The van der Waals surface area contributed by atoms with E-state index in [0.29, 0.717) is 48.1 Å². The van der Waals surface area contributed by atoms with Crippen molar-refractivity contribution in [1.29, 1.82) is 0 Å². The molecule has 0 saturated carbocycles. The smallest absolute Gasteiger partial charge is 0.273 e. The molecule has 1 fully saturated rings. The highest BCUT2D eigenvalue weighted by Crippen LogP contribution is 2.33. The van der Waals surface area contributed by atoms with Gasteiger partial charge in [-0.3, -0.25) is 4.79 Å². The number of hydrogen-bond donors (Lipinski definition) is 2. The first-order valence-electron chi connectivity index (χ1n) is 13.9. The van der Waals surface area contributed by atoms with Crippen molar-refractivity contribution in [3.63, 3.8) is 0 Å². The van der Waals surface area contributed by atoms with Crippen LogP contribution in [0, 0.1) is 5.82 Å². The van der Waals surface area contributed by atoms with Gasteiger partial charge in [0.05, 0.1) is 23.6 Å². The Balaban J connectivity index is 1.27. The van der Waals surface area contributed by atoms with Crippen molar-refractivity contribution in [2.75, 3.05) is 31.1 Å². The van der Waals surface area contributed by atoms with Crippen LogP contribution in [0.25, 0.3) is 28.3 Å². The number of carbonyl (C=O) groups is 1. The van der Waals surface area contributed by atoms with E-state index in [4.69, 9.17) is 5.73 Å². The topological polar surface area (TPSA) is 131 Å². The molecule has 2 aliphatic rings. The molecule has 11 nitrogen and oxygen atoms in total. The van der Waals surface area contributed by atoms with E-state index in [1.54, 1.807) is 42.0 Å². The van der Waals surface area contributed by atoms with Crippen LogP contribution >= 0.6 is 0 Å². The first-order chi connectivity index (χ1) is 20.2. The number of carbonyl (C=O) groups excluding carboxylic acids is 1. The fourth-order valence-electron chi connectivity index (χ4n) is 5.94. The van der Waals surface area contributed by atoms with Gasteiger partial charge in [0.1, 0.15) is 22.8 Å². The average Bonchev–Trinajstić information content (AvgIpc) is 3.61. The number of rotatable bonds is 5. The van der Waals surface area contributed by atoms with Crippen LogP contribution < -0.4 is 10.6 Å².